The Morgan fingerprint density at radius 1 is 1.09 bits per heavy atom. The molecule has 0 saturated heterocycles. The first kappa shape index (κ1) is 24.8. The van der Waals surface area contributed by atoms with Crippen LogP contribution in [0.25, 0.3) is 5.69 Å². The number of aromatic nitrogens is 2. The molecule has 1 amide bonds. The minimum Gasteiger partial charge on any atom is -0.356 e. The van der Waals surface area contributed by atoms with E-state index in [4.69, 9.17) is 0 Å². The fourth-order valence-corrected chi connectivity index (χ4v) is 3.64. The van der Waals surface area contributed by atoms with Crippen molar-refractivity contribution in [1.29, 1.82) is 0 Å². The predicted octanol–water partition coefficient (Wildman–Crippen LogP) is 4.14. The Labute approximate surface area is 212 Å². The minimum absolute atomic E-state index is 0. The smallest absolute Gasteiger partial charge is 0.227 e. The van der Waals surface area contributed by atoms with Crippen molar-refractivity contribution in [3.8, 4) is 5.69 Å². The van der Waals surface area contributed by atoms with E-state index < -0.39 is 0 Å². The molecule has 1 saturated carbocycles. The maximum Gasteiger partial charge on any atom is 0.227 e. The van der Waals surface area contributed by atoms with Gasteiger partial charge in [0, 0.05) is 44.1 Å². The van der Waals surface area contributed by atoms with E-state index in [1.54, 1.807) is 13.2 Å². The van der Waals surface area contributed by atoms with E-state index in [2.05, 4.69) is 50.3 Å². The Bertz CT molecular complexity index is 1050. The number of anilines is 1. The third kappa shape index (κ3) is 7.05. The molecule has 174 valence electrons. The summed E-state index contributed by atoms with van der Waals surface area (Å²) in [7, 11) is 1.77. The zero-order valence-electron chi connectivity index (χ0n) is 18.8. The van der Waals surface area contributed by atoms with Gasteiger partial charge in [0.15, 0.2) is 5.96 Å². The number of guanidine groups is 1. The molecule has 4 rings (SSSR count). The molecule has 3 N–H and O–H groups in total. The number of hydrogen-bond acceptors (Lipinski definition) is 3. The molecule has 0 atom stereocenters. The van der Waals surface area contributed by atoms with Gasteiger partial charge in [0.2, 0.25) is 5.91 Å². The first-order valence-electron chi connectivity index (χ1n) is 11.1. The van der Waals surface area contributed by atoms with Gasteiger partial charge < -0.3 is 16.0 Å². The van der Waals surface area contributed by atoms with Gasteiger partial charge in [-0.15, -0.1) is 24.0 Å². The molecule has 0 spiro atoms. The Morgan fingerprint density at radius 3 is 2.58 bits per heavy atom. The van der Waals surface area contributed by atoms with Gasteiger partial charge in [-0.2, -0.15) is 5.10 Å². The van der Waals surface area contributed by atoms with Crippen molar-refractivity contribution in [3.05, 3.63) is 78.1 Å². The first-order chi connectivity index (χ1) is 15.7. The molecule has 0 aliphatic heterocycles. The number of amides is 1. The van der Waals surface area contributed by atoms with Crippen molar-refractivity contribution in [2.24, 2.45) is 10.9 Å². The quantitative estimate of drug-likeness (QED) is 0.221. The van der Waals surface area contributed by atoms with E-state index in [1.807, 2.05) is 41.2 Å². The zero-order valence-corrected chi connectivity index (χ0v) is 21.2. The van der Waals surface area contributed by atoms with Crippen LogP contribution in [0, 0.1) is 5.92 Å². The molecule has 3 aromatic rings. The normalized spacial score (nSPS) is 13.5. The summed E-state index contributed by atoms with van der Waals surface area (Å²) < 4.78 is 1.85. The van der Waals surface area contributed by atoms with Gasteiger partial charge in [0.05, 0.1) is 5.69 Å². The number of hydrogen-bond donors (Lipinski definition) is 3. The lowest BCUT2D eigenvalue weighted by atomic mass is 9.85. The molecule has 1 aliphatic carbocycles. The van der Waals surface area contributed by atoms with Crippen molar-refractivity contribution < 1.29 is 4.79 Å². The second-order valence-electron chi connectivity index (χ2n) is 8.04. The molecule has 2 aromatic carbocycles. The molecule has 0 bridgehead atoms. The van der Waals surface area contributed by atoms with Crippen LogP contribution in [0.2, 0.25) is 0 Å². The summed E-state index contributed by atoms with van der Waals surface area (Å²) in [6.45, 7) is 1.41. The summed E-state index contributed by atoms with van der Waals surface area (Å²) in [5.74, 6) is 1.07. The number of nitrogens with zero attached hydrogens (tertiary/aromatic N) is 3. The summed E-state index contributed by atoms with van der Waals surface area (Å²) in [5, 5.41) is 14.0. The number of benzene rings is 2. The molecule has 0 radical (unpaired) electrons. The summed E-state index contributed by atoms with van der Waals surface area (Å²) in [6, 6.07) is 18.3. The van der Waals surface area contributed by atoms with Gasteiger partial charge in [-0.3, -0.25) is 9.79 Å². The van der Waals surface area contributed by atoms with Crippen molar-refractivity contribution >= 4 is 41.5 Å². The number of carbonyl (C=O) groups is 1. The fraction of sp³-hybridized carbons (Fsp3) is 0.320. The SMILES string of the molecule is CN=C(NCCc1ccc(-n2cccn2)cc1)NCc1cccc(NC(=O)C2CCC2)c1.I. The third-order valence-corrected chi connectivity index (χ3v) is 5.77. The average molecular weight is 558 g/mol. The van der Waals surface area contributed by atoms with E-state index in [1.165, 1.54) is 5.56 Å². The van der Waals surface area contributed by atoms with Crippen LogP contribution in [0.1, 0.15) is 30.4 Å². The number of nitrogens with one attached hydrogen (secondary N) is 3. The van der Waals surface area contributed by atoms with Crippen LogP contribution < -0.4 is 16.0 Å². The molecule has 7 nitrogen and oxygen atoms in total. The van der Waals surface area contributed by atoms with E-state index in [0.29, 0.717) is 6.54 Å². The number of halogens is 1. The van der Waals surface area contributed by atoms with Crippen LogP contribution in [-0.4, -0.2) is 35.2 Å². The molecule has 1 heterocycles. The van der Waals surface area contributed by atoms with Gasteiger partial charge in [0.1, 0.15) is 0 Å². The van der Waals surface area contributed by atoms with Crippen molar-refractivity contribution in [3.63, 3.8) is 0 Å². The highest BCUT2D eigenvalue weighted by molar-refractivity contribution is 14.0. The Hall–Kier alpha value is -2.88. The lowest BCUT2D eigenvalue weighted by molar-refractivity contribution is -0.122. The van der Waals surface area contributed by atoms with E-state index in [0.717, 1.165) is 55.1 Å². The van der Waals surface area contributed by atoms with Crippen LogP contribution in [0.15, 0.2) is 72.0 Å². The Morgan fingerprint density at radius 2 is 1.91 bits per heavy atom. The molecule has 1 aliphatic rings. The monoisotopic (exact) mass is 558 g/mol. The second kappa shape index (κ2) is 12.4. The third-order valence-electron chi connectivity index (χ3n) is 5.77. The summed E-state index contributed by atoms with van der Waals surface area (Å²) >= 11 is 0. The molecule has 0 unspecified atom stereocenters. The molecule has 1 aromatic heterocycles. The summed E-state index contributed by atoms with van der Waals surface area (Å²) in [5.41, 5.74) is 4.24. The average Bonchev–Trinajstić information content (AvgIpc) is 3.30. The molecule has 33 heavy (non-hydrogen) atoms. The van der Waals surface area contributed by atoms with Crippen molar-refractivity contribution in [1.82, 2.24) is 20.4 Å². The highest BCUT2D eigenvalue weighted by Crippen LogP contribution is 2.27. The van der Waals surface area contributed by atoms with Crippen molar-refractivity contribution in [2.75, 3.05) is 18.9 Å². The van der Waals surface area contributed by atoms with Crippen molar-refractivity contribution in [2.45, 2.75) is 32.2 Å². The Kier molecular flexibility index (Phi) is 9.29. The molecular formula is C25H31IN6O. The second-order valence-corrected chi connectivity index (χ2v) is 8.04. The standard InChI is InChI=1S/C25H30N6O.HI/c1-26-25(27-15-13-19-9-11-23(12-10-19)31-16-4-14-29-31)28-18-20-5-2-8-22(17-20)30-24(32)21-6-3-7-21;/h2,4-5,8-12,14,16-17,21H,3,6-7,13,15,18H2,1H3,(H,30,32)(H2,26,27,28);1H. The topological polar surface area (TPSA) is 83.3 Å². The number of aliphatic imine (C=N–C) groups is 1. The molecule has 8 heteroatoms. The largest absolute Gasteiger partial charge is 0.356 e. The predicted molar refractivity (Wildman–Crippen MR) is 143 cm³/mol. The van der Waals surface area contributed by atoms with Crippen LogP contribution in [-0.2, 0) is 17.8 Å². The fourth-order valence-electron chi connectivity index (χ4n) is 3.64. The van der Waals surface area contributed by atoms with E-state index in [-0.39, 0.29) is 35.8 Å². The maximum atomic E-state index is 12.2. The zero-order chi connectivity index (χ0) is 22.2. The highest BCUT2D eigenvalue weighted by atomic mass is 127. The molecular weight excluding hydrogens is 527 g/mol. The lowest BCUT2D eigenvalue weighted by Crippen LogP contribution is -2.37. The van der Waals surface area contributed by atoms with Crippen LogP contribution in [0.4, 0.5) is 5.69 Å². The molecule has 1 fully saturated rings. The van der Waals surface area contributed by atoms with E-state index in [9.17, 15) is 4.79 Å². The van der Waals surface area contributed by atoms with Gasteiger partial charge in [-0.1, -0.05) is 30.7 Å². The van der Waals surface area contributed by atoms with Gasteiger partial charge in [0.25, 0.3) is 0 Å². The van der Waals surface area contributed by atoms with Gasteiger partial charge >= 0.3 is 0 Å². The summed E-state index contributed by atoms with van der Waals surface area (Å²) in [6.07, 6.45) is 7.77. The van der Waals surface area contributed by atoms with Gasteiger partial charge in [-0.05, 0) is 60.7 Å². The first-order valence-corrected chi connectivity index (χ1v) is 11.1. The highest BCUT2D eigenvalue weighted by Gasteiger charge is 2.25. The summed E-state index contributed by atoms with van der Waals surface area (Å²) in [4.78, 5) is 16.5. The number of rotatable bonds is 8. The van der Waals surface area contributed by atoms with Gasteiger partial charge in [-0.25, -0.2) is 4.68 Å². The minimum atomic E-state index is 0. The maximum absolute atomic E-state index is 12.2. The van der Waals surface area contributed by atoms with Crippen LogP contribution >= 0.6 is 24.0 Å². The number of carbonyl (C=O) groups excluding carboxylic acids is 1. The van der Waals surface area contributed by atoms with Crippen LogP contribution in [0.3, 0.4) is 0 Å². The lowest BCUT2D eigenvalue weighted by Gasteiger charge is -2.24. The van der Waals surface area contributed by atoms with E-state index >= 15 is 0 Å². The van der Waals surface area contributed by atoms with Crippen LogP contribution in [0.5, 0.6) is 0 Å². The Balaban J connectivity index is 0.00000306.